The monoisotopic (exact) mass is 226 g/mol. The van der Waals surface area contributed by atoms with E-state index in [2.05, 4.69) is 11.2 Å². The molecule has 0 rings (SSSR count). The summed E-state index contributed by atoms with van der Waals surface area (Å²) >= 11 is 0. The van der Waals surface area contributed by atoms with E-state index < -0.39 is 12.0 Å². The number of carbonyl (C=O) groups is 2. The Balaban J connectivity index is 4.01. The number of nitrogens with two attached hydrogens (primary N) is 1. The lowest BCUT2D eigenvalue weighted by Gasteiger charge is -2.13. The molecule has 0 radical (unpaired) electrons. The van der Waals surface area contributed by atoms with E-state index in [-0.39, 0.29) is 24.7 Å². The number of carbonyl (C=O) groups excluding carboxylic acids is 1. The van der Waals surface area contributed by atoms with E-state index in [1.807, 2.05) is 6.92 Å². The predicted molar refractivity (Wildman–Crippen MR) is 60.5 cm³/mol. The summed E-state index contributed by atoms with van der Waals surface area (Å²) in [5.41, 5.74) is 5.40. The average molecular weight is 226 g/mol. The van der Waals surface area contributed by atoms with Gasteiger partial charge in [0.2, 0.25) is 5.91 Å². The Bertz CT molecular complexity index is 283. The van der Waals surface area contributed by atoms with Crippen molar-refractivity contribution in [3.63, 3.8) is 0 Å². The van der Waals surface area contributed by atoms with E-state index in [1.165, 1.54) is 0 Å². The van der Waals surface area contributed by atoms with Crippen molar-refractivity contribution in [3.8, 4) is 12.3 Å². The van der Waals surface area contributed by atoms with Crippen LogP contribution in [-0.2, 0) is 9.59 Å². The second-order valence-corrected chi connectivity index (χ2v) is 3.75. The molecule has 0 fully saturated rings. The maximum atomic E-state index is 11.4. The predicted octanol–water partition coefficient (Wildman–Crippen LogP) is -0.0459. The summed E-state index contributed by atoms with van der Waals surface area (Å²) in [5.74, 6) is 1.05. The molecule has 0 saturated heterocycles. The number of hydrogen-bond donors (Lipinski definition) is 3. The van der Waals surface area contributed by atoms with Crippen molar-refractivity contribution in [2.75, 3.05) is 6.54 Å². The Hall–Kier alpha value is -1.54. The minimum absolute atomic E-state index is 0.00643. The van der Waals surface area contributed by atoms with Crippen LogP contribution in [0, 0.1) is 18.3 Å². The van der Waals surface area contributed by atoms with Gasteiger partial charge >= 0.3 is 5.97 Å². The van der Waals surface area contributed by atoms with Crippen molar-refractivity contribution in [1.29, 1.82) is 0 Å². The van der Waals surface area contributed by atoms with Crippen molar-refractivity contribution < 1.29 is 14.7 Å². The standard InChI is InChI=1S/C11H18N2O3/c1-3-4-9(11(15)16)13-10(14)6-5-8(2)7-12/h1,8-9H,4-7,12H2,2H3,(H,13,14)(H,15,16). The molecule has 0 bridgehead atoms. The SMILES string of the molecule is C#CCC(NC(=O)CCC(C)CN)C(=O)O. The van der Waals surface area contributed by atoms with Crippen LogP contribution in [0.1, 0.15) is 26.2 Å². The van der Waals surface area contributed by atoms with Crippen LogP contribution < -0.4 is 11.1 Å². The number of hydrogen-bond acceptors (Lipinski definition) is 3. The van der Waals surface area contributed by atoms with E-state index in [4.69, 9.17) is 17.3 Å². The van der Waals surface area contributed by atoms with Gasteiger partial charge in [-0.05, 0) is 18.9 Å². The maximum Gasteiger partial charge on any atom is 0.327 e. The van der Waals surface area contributed by atoms with Gasteiger partial charge in [0.05, 0.1) is 0 Å². The molecule has 0 aliphatic rings. The second-order valence-electron chi connectivity index (χ2n) is 3.75. The average Bonchev–Trinajstić information content (AvgIpc) is 2.25. The molecule has 0 aromatic rings. The Kier molecular flexibility index (Phi) is 6.97. The number of carboxylic acids is 1. The van der Waals surface area contributed by atoms with Gasteiger partial charge in [0, 0.05) is 12.8 Å². The van der Waals surface area contributed by atoms with Gasteiger partial charge in [-0.2, -0.15) is 0 Å². The molecule has 5 nitrogen and oxygen atoms in total. The Labute approximate surface area is 95.4 Å². The molecule has 0 aromatic carbocycles. The smallest absolute Gasteiger partial charge is 0.327 e. The summed E-state index contributed by atoms with van der Waals surface area (Å²) in [5, 5.41) is 11.1. The van der Waals surface area contributed by atoms with Gasteiger partial charge < -0.3 is 16.2 Å². The van der Waals surface area contributed by atoms with Crippen molar-refractivity contribution in [2.24, 2.45) is 11.7 Å². The summed E-state index contributed by atoms with van der Waals surface area (Å²) < 4.78 is 0. The molecule has 1 amide bonds. The Morgan fingerprint density at radius 1 is 1.56 bits per heavy atom. The van der Waals surface area contributed by atoms with Crippen molar-refractivity contribution in [2.45, 2.75) is 32.2 Å². The van der Waals surface area contributed by atoms with Crippen LogP contribution in [0.3, 0.4) is 0 Å². The third kappa shape index (κ3) is 6.04. The minimum atomic E-state index is -1.11. The van der Waals surface area contributed by atoms with Crippen molar-refractivity contribution in [3.05, 3.63) is 0 Å². The van der Waals surface area contributed by atoms with Crippen LogP contribution >= 0.6 is 0 Å². The van der Waals surface area contributed by atoms with E-state index in [0.29, 0.717) is 13.0 Å². The van der Waals surface area contributed by atoms with Crippen LogP contribution in [-0.4, -0.2) is 29.6 Å². The van der Waals surface area contributed by atoms with E-state index in [1.54, 1.807) is 0 Å². The number of terminal acetylenes is 1. The number of aliphatic carboxylic acids is 1. The molecule has 0 heterocycles. The zero-order chi connectivity index (χ0) is 12.6. The first-order valence-corrected chi connectivity index (χ1v) is 5.17. The molecule has 5 heteroatoms. The topological polar surface area (TPSA) is 92.4 Å². The van der Waals surface area contributed by atoms with Gasteiger partial charge in [-0.1, -0.05) is 6.92 Å². The number of nitrogens with one attached hydrogen (secondary N) is 1. The molecule has 0 aliphatic heterocycles. The quantitative estimate of drug-likeness (QED) is 0.531. The Morgan fingerprint density at radius 3 is 2.62 bits per heavy atom. The van der Waals surface area contributed by atoms with Gasteiger partial charge in [0.1, 0.15) is 6.04 Å². The maximum absolute atomic E-state index is 11.4. The summed E-state index contributed by atoms with van der Waals surface area (Å²) in [7, 11) is 0. The minimum Gasteiger partial charge on any atom is -0.480 e. The fraction of sp³-hybridized carbons (Fsp3) is 0.636. The van der Waals surface area contributed by atoms with Gasteiger partial charge in [0.15, 0.2) is 0 Å². The summed E-state index contributed by atoms with van der Waals surface area (Å²) in [4.78, 5) is 22.1. The first kappa shape index (κ1) is 14.5. The zero-order valence-corrected chi connectivity index (χ0v) is 9.40. The van der Waals surface area contributed by atoms with Crippen molar-refractivity contribution in [1.82, 2.24) is 5.32 Å². The third-order valence-corrected chi connectivity index (χ3v) is 2.22. The molecule has 2 unspecified atom stereocenters. The van der Waals surface area contributed by atoms with Crippen LogP contribution in [0.25, 0.3) is 0 Å². The van der Waals surface area contributed by atoms with Gasteiger partial charge in [-0.15, -0.1) is 12.3 Å². The first-order chi connectivity index (χ1) is 7.51. The largest absolute Gasteiger partial charge is 0.480 e. The highest BCUT2D eigenvalue weighted by atomic mass is 16.4. The van der Waals surface area contributed by atoms with Crippen LogP contribution in [0.15, 0.2) is 0 Å². The molecular weight excluding hydrogens is 208 g/mol. The van der Waals surface area contributed by atoms with Crippen LogP contribution in [0.5, 0.6) is 0 Å². The van der Waals surface area contributed by atoms with Gasteiger partial charge in [-0.25, -0.2) is 4.79 Å². The lowest BCUT2D eigenvalue weighted by Crippen LogP contribution is -2.40. The molecule has 16 heavy (non-hydrogen) atoms. The molecule has 0 aliphatic carbocycles. The van der Waals surface area contributed by atoms with Gasteiger partial charge in [-0.3, -0.25) is 4.79 Å². The van der Waals surface area contributed by atoms with Gasteiger partial charge in [0.25, 0.3) is 0 Å². The molecule has 0 saturated carbocycles. The molecule has 4 N–H and O–H groups in total. The first-order valence-electron chi connectivity index (χ1n) is 5.17. The molecule has 2 atom stereocenters. The highest BCUT2D eigenvalue weighted by molar-refractivity contribution is 5.83. The molecular formula is C11H18N2O3. The fourth-order valence-corrected chi connectivity index (χ4v) is 1.08. The number of amides is 1. The van der Waals surface area contributed by atoms with E-state index in [0.717, 1.165) is 0 Å². The Morgan fingerprint density at radius 2 is 2.19 bits per heavy atom. The lowest BCUT2D eigenvalue weighted by atomic mass is 10.1. The highest BCUT2D eigenvalue weighted by Gasteiger charge is 2.18. The van der Waals surface area contributed by atoms with Crippen LogP contribution in [0.4, 0.5) is 0 Å². The number of rotatable bonds is 7. The lowest BCUT2D eigenvalue weighted by molar-refractivity contribution is -0.141. The summed E-state index contributed by atoms with van der Waals surface area (Å²) in [6.45, 7) is 2.45. The molecule has 0 aromatic heterocycles. The summed E-state index contributed by atoms with van der Waals surface area (Å²) in [6.07, 6.45) is 5.91. The van der Waals surface area contributed by atoms with Crippen molar-refractivity contribution >= 4 is 11.9 Å². The fourth-order valence-electron chi connectivity index (χ4n) is 1.08. The zero-order valence-electron chi connectivity index (χ0n) is 9.40. The van der Waals surface area contributed by atoms with E-state index >= 15 is 0 Å². The molecule has 0 spiro atoms. The van der Waals surface area contributed by atoms with Crippen LogP contribution in [0.2, 0.25) is 0 Å². The second kappa shape index (κ2) is 7.71. The van der Waals surface area contributed by atoms with E-state index in [9.17, 15) is 9.59 Å². The molecule has 90 valence electrons. The third-order valence-electron chi connectivity index (χ3n) is 2.22. The highest BCUT2D eigenvalue weighted by Crippen LogP contribution is 2.03. The normalized spacial score (nSPS) is 13.6. The number of carboxylic acid groups (broad SMARTS) is 1. The summed E-state index contributed by atoms with van der Waals surface area (Å²) in [6, 6.07) is -0.995.